The Hall–Kier alpha value is -0.890. The van der Waals surface area contributed by atoms with Crippen LogP contribution in [0.2, 0.25) is 0 Å². The predicted molar refractivity (Wildman–Crippen MR) is 65.4 cm³/mol. The van der Waals surface area contributed by atoms with E-state index in [0.717, 1.165) is 4.99 Å². The summed E-state index contributed by atoms with van der Waals surface area (Å²) in [6, 6.07) is 10.8. The maximum atomic E-state index is 5.08. The highest BCUT2D eigenvalue weighted by molar-refractivity contribution is 7.80. The van der Waals surface area contributed by atoms with Gasteiger partial charge in [-0.1, -0.05) is 56.4 Å². The maximum absolute atomic E-state index is 5.08. The fraction of sp³-hybridized carbons (Fsp3) is 0.417. The number of rotatable bonds is 3. The zero-order chi connectivity index (χ0) is 10.6. The molecule has 0 bridgehead atoms. The molecule has 0 heterocycles. The summed E-state index contributed by atoms with van der Waals surface area (Å²) in [6.45, 7) is 6.32. The summed E-state index contributed by atoms with van der Waals surface area (Å²) >= 11 is 5.08. The van der Waals surface area contributed by atoms with Gasteiger partial charge < -0.3 is 5.32 Å². The third kappa shape index (κ3) is 3.11. The van der Waals surface area contributed by atoms with Crippen LogP contribution in [-0.2, 0) is 0 Å². The molecule has 0 aliphatic heterocycles. The van der Waals surface area contributed by atoms with Crippen LogP contribution in [-0.4, -0.2) is 4.99 Å². The number of hydrogen-bond donors (Lipinski definition) is 1. The van der Waals surface area contributed by atoms with E-state index in [9.17, 15) is 0 Å². The number of nitrogens with one attached hydrogen (secondary N) is 1. The second kappa shape index (κ2) is 5.11. The topological polar surface area (TPSA) is 12.0 Å². The lowest BCUT2D eigenvalue weighted by atomic mass is 9.96. The first-order valence-corrected chi connectivity index (χ1v) is 5.34. The van der Waals surface area contributed by atoms with Gasteiger partial charge in [0.05, 0.1) is 11.0 Å². The van der Waals surface area contributed by atoms with E-state index in [1.165, 1.54) is 5.56 Å². The van der Waals surface area contributed by atoms with Crippen LogP contribution in [0.3, 0.4) is 0 Å². The standard InChI is InChI=1S/C12H17NS/c1-9(2)12(13-10(3)14)11-7-5-4-6-8-11/h4-9,12H,1-3H3,(H,13,14). The van der Waals surface area contributed by atoms with Crippen LogP contribution in [0.5, 0.6) is 0 Å². The van der Waals surface area contributed by atoms with E-state index < -0.39 is 0 Å². The summed E-state index contributed by atoms with van der Waals surface area (Å²) < 4.78 is 0. The van der Waals surface area contributed by atoms with E-state index in [4.69, 9.17) is 12.2 Å². The fourth-order valence-electron chi connectivity index (χ4n) is 1.51. The van der Waals surface area contributed by atoms with Crippen molar-refractivity contribution < 1.29 is 0 Å². The minimum absolute atomic E-state index is 0.327. The first-order chi connectivity index (χ1) is 6.61. The molecule has 0 saturated heterocycles. The summed E-state index contributed by atoms with van der Waals surface area (Å²) in [7, 11) is 0. The van der Waals surface area contributed by atoms with Crippen LogP contribution >= 0.6 is 12.2 Å². The van der Waals surface area contributed by atoms with Crippen molar-refractivity contribution >= 4 is 17.2 Å². The fourth-order valence-corrected chi connectivity index (χ4v) is 1.64. The molecule has 0 aromatic heterocycles. The highest BCUT2D eigenvalue weighted by Crippen LogP contribution is 2.20. The van der Waals surface area contributed by atoms with E-state index in [0.29, 0.717) is 12.0 Å². The monoisotopic (exact) mass is 207 g/mol. The van der Waals surface area contributed by atoms with Crippen molar-refractivity contribution in [1.29, 1.82) is 0 Å². The van der Waals surface area contributed by atoms with Crippen molar-refractivity contribution in [3.63, 3.8) is 0 Å². The summed E-state index contributed by atoms with van der Waals surface area (Å²) in [5, 5.41) is 3.33. The molecular formula is C12H17NS. The molecule has 0 radical (unpaired) electrons. The Kier molecular flexibility index (Phi) is 4.08. The smallest absolute Gasteiger partial charge is 0.0726 e. The van der Waals surface area contributed by atoms with Gasteiger partial charge in [0.15, 0.2) is 0 Å². The normalized spacial score (nSPS) is 12.6. The highest BCUT2D eigenvalue weighted by atomic mass is 32.1. The van der Waals surface area contributed by atoms with Gasteiger partial charge >= 0.3 is 0 Å². The molecule has 0 amide bonds. The molecule has 1 aromatic rings. The molecule has 0 saturated carbocycles. The molecular weight excluding hydrogens is 190 g/mol. The molecule has 1 unspecified atom stereocenters. The average Bonchev–Trinajstić information content (AvgIpc) is 2.15. The summed E-state index contributed by atoms with van der Waals surface area (Å²) in [5.74, 6) is 0.537. The minimum atomic E-state index is 0.327. The summed E-state index contributed by atoms with van der Waals surface area (Å²) in [6.07, 6.45) is 0. The van der Waals surface area contributed by atoms with Crippen molar-refractivity contribution in [2.45, 2.75) is 26.8 Å². The lowest BCUT2D eigenvalue weighted by Crippen LogP contribution is -2.28. The van der Waals surface area contributed by atoms with Crippen molar-refractivity contribution in [2.75, 3.05) is 0 Å². The van der Waals surface area contributed by atoms with Gasteiger partial charge in [0.2, 0.25) is 0 Å². The molecule has 2 heteroatoms. The molecule has 1 N–H and O–H groups in total. The Balaban J connectivity index is 2.83. The van der Waals surface area contributed by atoms with Gasteiger partial charge in [-0.25, -0.2) is 0 Å². The van der Waals surface area contributed by atoms with E-state index in [-0.39, 0.29) is 0 Å². The van der Waals surface area contributed by atoms with Crippen molar-refractivity contribution in [3.05, 3.63) is 35.9 Å². The molecule has 0 fully saturated rings. The molecule has 0 spiro atoms. The Morgan fingerprint density at radius 3 is 2.21 bits per heavy atom. The molecule has 14 heavy (non-hydrogen) atoms. The summed E-state index contributed by atoms with van der Waals surface area (Å²) in [4.78, 5) is 0.854. The molecule has 1 rings (SSSR count). The first-order valence-electron chi connectivity index (χ1n) is 4.93. The zero-order valence-electron chi connectivity index (χ0n) is 8.95. The van der Waals surface area contributed by atoms with Gasteiger partial charge in [-0.2, -0.15) is 0 Å². The van der Waals surface area contributed by atoms with Gasteiger partial charge in [-0.3, -0.25) is 0 Å². The Morgan fingerprint density at radius 1 is 1.21 bits per heavy atom. The van der Waals surface area contributed by atoms with Crippen LogP contribution in [0.1, 0.15) is 32.4 Å². The molecule has 0 aliphatic carbocycles. The minimum Gasteiger partial charge on any atom is -0.373 e. The van der Waals surface area contributed by atoms with Gasteiger partial charge in [-0.15, -0.1) is 0 Å². The van der Waals surface area contributed by atoms with Crippen LogP contribution in [0, 0.1) is 5.92 Å². The van der Waals surface area contributed by atoms with Crippen LogP contribution in [0.15, 0.2) is 30.3 Å². The van der Waals surface area contributed by atoms with Gasteiger partial charge in [0, 0.05) is 0 Å². The average molecular weight is 207 g/mol. The molecule has 1 atom stereocenters. The largest absolute Gasteiger partial charge is 0.373 e. The van der Waals surface area contributed by atoms with Crippen molar-refractivity contribution in [2.24, 2.45) is 5.92 Å². The van der Waals surface area contributed by atoms with Crippen LogP contribution < -0.4 is 5.32 Å². The molecule has 0 aliphatic rings. The Labute approximate surface area is 91.5 Å². The number of benzene rings is 1. The van der Waals surface area contributed by atoms with E-state index >= 15 is 0 Å². The molecule has 76 valence electrons. The quantitative estimate of drug-likeness (QED) is 0.763. The van der Waals surface area contributed by atoms with E-state index in [1.807, 2.05) is 13.0 Å². The number of hydrogen-bond acceptors (Lipinski definition) is 1. The van der Waals surface area contributed by atoms with Gasteiger partial charge in [0.25, 0.3) is 0 Å². The maximum Gasteiger partial charge on any atom is 0.0726 e. The third-order valence-electron chi connectivity index (χ3n) is 2.18. The van der Waals surface area contributed by atoms with Gasteiger partial charge in [0.1, 0.15) is 0 Å². The van der Waals surface area contributed by atoms with Crippen LogP contribution in [0.4, 0.5) is 0 Å². The second-order valence-electron chi connectivity index (χ2n) is 3.83. The Morgan fingerprint density at radius 2 is 1.79 bits per heavy atom. The van der Waals surface area contributed by atoms with E-state index in [2.05, 4.69) is 43.4 Å². The highest BCUT2D eigenvalue weighted by Gasteiger charge is 2.14. The first kappa shape index (κ1) is 11.2. The predicted octanol–water partition coefficient (Wildman–Crippen LogP) is 3.32. The lowest BCUT2D eigenvalue weighted by Gasteiger charge is -2.23. The zero-order valence-corrected chi connectivity index (χ0v) is 9.77. The molecule has 1 nitrogen and oxygen atoms in total. The Bertz CT molecular complexity index is 292. The van der Waals surface area contributed by atoms with Gasteiger partial charge in [-0.05, 0) is 18.4 Å². The van der Waals surface area contributed by atoms with Crippen molar-refractivity contribution in [3.8, 4) is 0 Å². The van der Waals surface area contributed by atoms with E-state index in [1.54, 1.807) is 0 Å². The van der Waals surface area contributed by atoms with Crippen LogP contribution in [0.25, 0.3) is 0 Å². The number of thiocarbonyl (C=S) groups is 1. The lowest BCUT2D eigenvalue weighted by molar-refractivity contribution is 0.473. The SMILES string of the molecule is CC(=S)NC(c1ccccc1)C(C)C. The second-order valence-corrected chi connectivity index (χ2v) is 4.45. The van der Waals surface area contributed by atoms with Crippen molar-refractivity contribution in [1.82, 2.24) is 5.32 Å². The molecule has 1 aromatic carbocycles. The third-order valence-corrected chi connectivity index (χ3v) is 2.30. The summed E-state index contributed by atoms with van der Waals surface area (Å²) in [5.41, 5.74) is 1.30.